The second kappa shape index (κ2) is 9.26. The minimum Gasteiger partial charge on any atom is -0.483 e. The van der Waals surface area contributed by atoms with Crippen LogP contribution in [0.1, 0.15) is 42.3 Å². The number of benzene rings is 2. The number of aromatic nitrogens is 1. The number of nitrogens with zero attached hydrogens (tertiary/aromatic N) is 2. The van der Waals surface area contributed by atoms with Gasteiger partial charge < -0.3 is 4.74 Å². The largest absolute Gasteiger partial charge is 0.483 e. The summed E-state index contributed by atoms with van der Waals surface area (Å²) in [4.78, 5) is 28.0. The molecule has 1 N–H and O–H groups in total. The molecule has 0 aliphatic carbocycles. The Hall–Kier alpha value is -3.26. The summed E-state index contributed by atoms with van der Waals surface area (Å²) >= 11 is 1.33. The molecule has 31 heavy (non-hydrogen) atoms. The van der Waals surface area contributed by atoms with E-state index in [0.29, 0.717) is 17.3 Å². The Morgan fingerprint density at radius 1 is 1.23 bits per heavy atom. The van der Waals surface area contributed by atoms with Gasteiger partial charge in [0.25, 0.3) is 11.6 Å². The van der Waals surface area contributed by atoms with Crippen LogP contribution >= 0.6 is 11.3 Å². The number of carbonyl (C=O) groups excluding carboxylic acids is 1. The van der Waals surface area contributed by atoms with Gasteiger partial charge in [0.15, 0.2) is 11.7 Å². The normalized spacial score (nSPS) is 11.2. The van der Waals surface area contributed by atoms with Crippen LogP contribution in [-0.2, 0) is 16.6 Å². The first-order valence-corrected chi connectivity index (χ1v) is 10.7. The van der Waals surface area contributed by atoms with Crippen LogP contribution in [0, 0.1) is 17.0 Å². The number of non-ortho nitro benzene ring substituents is 1. The monoisotopic (exact) mass is 439 g/mol. The lowest BCUT2D eigenvalue weighted by molar-refractivity contribution is -0.384. The number of carbonyl (C=O) groups is 1. The molecular weight excluding hydrogens is 414 g/mol. The summed E-state index contributed by atoms with van der Waals surface area (Å²) in [5.74, 6) is 0.399. The second-order valence-electron chi connectivity index (χ2n) is 8.32. The van der Waals surface area contributed by atoms with E-state index in [4.69, 9.17) is 4.74 Å². The molecule has 1 heterocycles. The molecule has 162 valence electrons. The molecule has 1 aromatic heterocycles. The number of nitro groups is 1. The van der Waals surface area contributed by atoms with Crippen molar-refractivity contribution < 1.29 is 14.5 Å². The highest BCUT2D eigenvalue weighted by atomic mass is 32.1. The van der Waals surface area contributed by atoms with Crippen molar-refractivity contribution in [1.29, 1.82) is 0 Å². The molecule has 8 heteroatoms. The first-order valence-electron chi connectivity index (χ1n) is 9.83. The van der Waals surface area contributed by atoms with E-state index in [2.05, 4.69) is 37.1 Å². The molecule has 0 bridgehead atoms. The number of anilines is 1. The molecule has 7 nitrogen and oxygen atoms in total. The average molecular weight is 440 g/mol. The molecule has 3 rings (SSSR count). The third-order valence-corrected chi connectivity index (χ3v) is 5.51. The van der Waals surface area contributed by atoms with Crippen LogP contribution in [-0.4, -0.2) is 22.4 Å². The quantitative estimate of drug-likeness (QED) is 0.400. The van der Waals surface area contributed by atoms with Crippen LogP contribution in [0.2, 0.25) is 0 Å². The first-order chi connectivity index (χ1) is 14.6. The molecular formula is C23H25N3O4S. The summed E-state index contributed by atoms with van der Waals surface area (Å²) < 4.78 is 5.79. The van der Waals surface area contributed by atoms with Crippen LogP contribution in [0.5, 0.6) is 5.75 Å². The van der Waals surface area contributed by atoms with E-state index in [1.807, 2.05) is 25.1 Å². The van der Waals surface area contributed by atoms with E-state index in [9.17, 15) is 14.9 Å². The minimum atomic E-state index is -0.416. The van der Waals surface area contributed by atoms with Crippen molar-refractivity contribution in [2.45, 2.75) is 39.5 Å². The van der Waals surface area contributed by atoms with Gasteiger partial charge in [-0.1, -0.05) is 50.6 Å². The Morgan fingerprint density at radius 3 is 2.71 bits per heavy atom. The Kier molecular flexibility index (Phi) is 6.70. The third kappa shape index (κ3) is 6.11. The number of ether oxygens (including phenoxy) is 1. The highest BCUT2D eigenvalue weighted by Gasteiger charge is 2.20. The van der Waals surface area contributed by atoms with Crippen molar-refractivity contribution >= 4 is 28.1 Å². The molecule has 0 saturated heterocycles. The summed E-state index contributed by atoms with van der Waals surface area (Å²) in [6.45, 7) is 8.22. The molecule has 0 radical (unpaired) electrons. The Labute approximate surface area is 185 Å². The van der Waals surface area contributed by atoms with Gasteiger partial charge >= 0.3 is 0 Å². The average Bonchev–Trinajstić information content (AvgIpc) is 3.13. The highest BCUT2D eigenvalue weighted by Crippen LogP contribution is 2.32. The topological polar surface area (TPSA) is 94.4 Å². The van der Waals surface area contributed by atoms with Gasteiger partial charge in [-0.25, -0.2) is 4.98 Å². The Morgan fingerprint density at radius 2 is 2.00 bits per heavy atom. The number of rotatable bonds is 7. The predicted molar refractivity (Wildman–Crippen MR) is 122 cm³/mol. The fourth-order valence-electron chi connectivity index (χ4n) is 3.08. The first kappa shape index (κ1) is 22.4. The lowest BCUT2D eigenvalue weighted by atomic mass is 9.85. The van der Waals surface area contributed by atoms with Crippen molar-refractivity contribution in [2.75, 3.05) is 11.9 Å². The molecule has 0 aliphatic rings. The zero-order valence-electron chi connectivity index (χ0n) is 18.0. The molecule has 0 unspecified atom stereocenters. The van der Waals surface area contributed by atoms with Gasteiger partial charge in [-0.15, -0.1) is 11.3 Å². The Bertz CT molecular complexity index is 1100. The maximum atomic E-state index is 12.4. The van der Waals surface area contributed by atoms with E-state index >= 15 is 0 Å². The van der Waals surface area contributed by atoms with Crippen molar-refractivity contribution in [3.05, 3.63) is 80.3 Å². The van der Waals surface area contributed by atoms with Gasteiger partial charge in [-0.3, -0.25) is 20.2 Å². The molecule has 0 spiro atoms. The smallest absolute Gasteiger partial charge is 0.269 e. The molecule has 0 saturated carbocycles. The summed E-state index contributed by atoms with van der Waals surface area (Å²) in [6, 6.07) is 12.4. The van der Waals surface area contributed by atoms with E-state index in [1.54, 1.807) is 18.3 Å². The number of hydrogen-bond donors (Lipinski definition) is 1. The summed E-state index contributed by atoms with van der Waals surface area (Å²) in [5.41, 5.74) is 2.95. The van der Waals surface area contributed by atoms with Crippen LogP contribution in [0.15, 0.2) is 48.7 Å². The fourth-order valence-corrected chi connectivity index (χ4v) is 3.95. The van der Waals surface area contributed by atoms with E-state index in [1.165, 1.54) is 17.4 Å². The van der Waals surface area contributed by atoms with Crippen LogP contribution in [0.25, 0.3) is 0 Å². The lowest BCUT2D eigenvalue weighted by Gasteiger charge is -2.23. The zero-order valence-corrected chi connectivity index (χ0v) is 18.8. The number of thiazole rings is 1. The standard InChI is InChI=1S/C23H25N3O4S/c1-15-8-9-20(19(10-15)23(2,3)4)30-14-21(27)25-22-24-13-18(31-22)12-16-6-5-7-17(11-16)26(28)29/h5-11,13H,12,14H2,1-4H3,(H,24,25,27). The van der Waals surface area contributed by atoms with Gasteiger partial charge in [0.05, 0.1) is 4.92 Å². The van der Waals surface area contributed by atoms with E-state index < -0.39 is 4.92 Å². The number of nitro benzene ring substituents is 1. The van der Waals surface area contributed by atoms with Gasteiger partial charge in [0.2, 0.25) is 0 Å². The van der Waals surface area contributed by atoms with E-state index in [0.717, 1.165) is 21.6 Å². The summed E-state index contributed by atoms with van der Waals surface area (Å²) in [6.07, 6.45) is 2.17. The highest BCUT2D eigenvalue weighted by molar-refractivity contribution is 7.15. The Balaban J connectivity index is 1.60. The zero-order chi connectivity index (χ0) is 22.6. The molecule has 2 aromatic carbocycles. The van der Waals surface area contributed by atoms with Crippen molar-refractivity contribution in [3.8, 4) is 5.75 Å². The number of hydrogen-bond acceptors (Lipinski definition) is 6. The summed E-state index contributed by atoms with van der Waals surface area (Å²) in [5, 5.41) is 14.1. The van der Waals surface area contributed by atoms with Crippen molar-refractivity contribution in [1.82, 2.24) is 4.98 Å². The summed E-state index contributed by atoms with van der Waals surface area (Å²) in [7, 11) is 0. The van der Waals surface area contributed by atoms with Crippen molar-refractivity contribution in [3.63, 3.8) is 0 Å². The molecule has 0 atom stereocenters. The minimum absolute atomic E-state index is 0.0541. The van der Waals surface area contributed by atoms with Gasteiger partial charge in [-0.05, 0) is 29.5 Å². The molecule has 1 amide bonds. The number of amides is 1. The fraction of sp³-hybridized carbons (Fsp3) is 0.304. The van der Waals surface area contributed by atoms with Gasteiger partial charge in [0, 0.05) is 29.6 Å². The van der Waals surface area contributed by atoms with Crippen LogP contribution < -0.4 is 10.1 Å². The SMILES string of the molecule is Cc1ccc(OCC(=O)Nc2ncc(Cc3cccc([N+](=O)[O-])c3)s2)c(C(C)(C)C)c1. The maximum Gasteiger partial charge on any atom is 0.269 e. The van der Waals surface area contributed by atoms with Crippen LogP contribution in [0.3, 0.4) is 0 Å². The maximum absolute atomic E-state index is 12.4. The lowest BCUT2D eigenvalue weighted by Crippen LogP contribution is -2.22. The number of nitrogens with one attached hydrogen (secondary N) is 1. The van der Waals surface area contributed by atoms with Gasteiger partial charge in [0.1, 0.15) is 5.75 Å². The van der Waals surface area contributed by atoms with Crippen molar-refractivity contribution in [2.24, 2.45) is 0 Å². The van der Waals surface area contributed by atoms with Crippen LogP contribution in [0.4, 0.5) is 10.8 Å². The third-order valence-electron chi connectivity index (χ3n) is 4.60. The van der Waals surface area contributed by atoms with E-state index in [-0.39, 0.29) is 23.6 Å². The second-order valence-corrected chi connectivity index (χ2v) is 9.44. The number of aryl methyl sites for hydroxylation is 1. The molecule has 0 aliphatic heterocycles. The predicted octanol–water partition coefficient (Wildman–Crippen LogP) is 5.27. The van der Waals surface area contributed by atoms with Gasteiger partial charge in [-0.2, -0.15) is 0 Å². The molecule has 3 aromatic rings. The molecule has 0 fully saturated rings.